The number of benzene rings is 1. The molecule has 126 valence electrons. The first-order chi connectivity index (χ1) is 10.6. The predicted molar refractivity (Wildman–Crippen MR) is 88.4 cm³/mol. The summed E-state index contributed by atoms with van der Waals surface area (Å²) in [7, 11) is 3.27. The van der Waals surface area contributed by atoms with Gasteiger partial charge in [-0.3, -0.25) is 0 Å². The predicted octanol–water partition coefficient (Wildman–Crippen LogP) is 3.91. The molecule has 0 N–H and O–H groups in total. The van der Waals surface area contributed by atoms with Crippen LogP contribution in [0.4, 0.5) is 0 Å². The lowest BCUT2D eigenvalue weighted by Gasteiger charge is -2.28. The molecule has 0 saturated heterocycles. The summed E-state index contributed by atoms with van der Waals surface area (Å²) < 4.78 is 21.5. The van der Waals surface area contributed by atoms with E-state index in [9.17, 15) is 0 Å². The molecule has 4 nitrogen and oxygen atoms in total. The van der Waals surface area contributed by atoms with Gasteiger partial charge in [-0.05, 0) is 18.4 Å². The van der Waals surface area contributed by atoms with Crippen LogP contribution >= 0.6 is 0 Å². The lowest BCUT2D eigenvalue weighted by molar-refractivity contribution is -0.0458. The fourth-order valence-corrected chi connectivity index (χ4v) is 2.43. The van der Waals surface area contributed by atoms with Crippen LogP contribution < -0.4 is 4.74 Å². The van der Waals surface area contributed by atoms with Gasteiger partial charge in [0.15, 0.2) is 6.79 Å². The summed E-state index contributed by atoms with van der Waals surface area (Å²) in [5, 5.41) is 0. The van der Waals surface area contributed by atoms with Crippen molar-refractivity contribution in [3.8, 4) is 5.75 Å². The van der Waals surface area contributed by atoms with Crippen LogP contribution in [0.3, 0.4) is 0 Å². The smallest absolute Gasteiger partial charge is 0.188 e. The molecule has 0 aromatic heterocycles. The second-order valence-corrected chi connectivity index (χ2v) is 6.09. The minimum Gasteiger partial charge on any atom is -0.467 e. The second-order valence-electron chi connectivity index (χ2n) is 6.09. The van der Waals surface area contributed by atoms with Gasteiger partial charge in [0.2, 0.25) is 0 Å². The molecule has 0 fully saturated rings. The fourth-order valence-electron chi connectivity index (χ4n) is 2.43. The van der Waals surface area contributed by atoms with Crippen molar-refractivity contribution in [3.05, 3.63) is 29.3 Å². The van der Waals surface area contributed by atoms with E-state index in [0.717, 1.165) is 30.6 Å². The number of hydrogen-bond donors (Lipinski definition) is 0. The summed E-state index contributed by atoms with van der Waals surface area (Å²) in [6.45, 7) is 7.63. The average Bonchev–Trinajstić information content (AvgIpc) is 2.51. The molecule has 1 rings (SSSR count). The summed E-state index contributed by atoms with van der Waals surface area (Å²) >= 11 is 0. The molecule has 0 aliphatic heterocycles. The van der Waals surface area contributed by atoms with Gasteiger partial charge in [-0.2, -0.15) is 0 Å². The number of methoxy groups -OCH3 is 2. The SMILES string of the molecule is CCCCc1cccc(C(C)(C)COCOC)c1OCOC. The zero-order chi connectivity index (χ0) is 16.4. The molecule has 0 atom stereocenters. The molecular formula is C18H30O4. The Labute approximate surface area is 134 Å². The van der Waals surface area contributed by atoms with E-state index < -0.39 is 0 Å². The Balaban J connectivity index is 3.03. The van der Waals surface area contributed by atoms with Crippen molar-refractivity contribution in [1.29, 1.82) is 0 Å². The molecule has 0 aliphatic rings. The van der Waals surface area contributed by atoms with Gasteiger partial charge in [0.05, 0.1) is 6.61 Å². The number of ether oxygens (including phenoxy) is 4. The maximum absolute atomic E-state index is 5.90. The maximum atomic E-state index is 5.90. The van der Waals surface area contributed by atoms with Gasteiger partial charge < -0.3 is 18.9 Å². The normalized spacial score (nSPS) is 11.7. The standard InChI is InChI=1S/C18H30O4/c1-6-7-9-15-10-8-11-16(17(15)22-14-20-5)18(2,3)12-21-13-19-4/h8,10-11H,6-7,9,12-14H2,1-5H3. The zero-order valence-electron chi connectivity index (χ0n) is 14.6. The molecule has 1 aromatic rings. The van der Waals surface area contributed by atoms with E-state index in [1.165, 1.54) is 5.56 Å². The Kier molecular flexibility index (Phi) is 8.46. The van der Waals surface area contributed by atoms with E-state index in [4.69, 9.17) is 18.9 Å². The fraction of sp³-hybridized carbons (Fsp3) is 0.667. The third-order valence-corrected chi connectivity index (χ3v) is 3.61. The van der Waals surface area contributed by atoms with Gasteiger partial charge in [-0.1, -0.05) is 45.4 Å². The van der Waals surface area contributed by atoms with Gasteiger partial charge >= 0.3 is 0 Å². The number of unbranched alkanes of at least 4 members (excludes halogenated alkanes) is 1. The van der Waals surface area contributed by atoms with Crippen LogP contribution in [-0.2, 0) is 26.0 Å². The zero-order valence-corrected chi connectivity index (χ0v) is 14.6. The van der Waals surface area contributed by atoms with Gasteiger partial charge in [-0.15, -0.1) is 0 Å². The molecule has 0 amide bonds. The lowest BCUT2D eigenvalue weighted by Crippen LogP contribution is -2.26. The average molecular weight is 310 g/mol. The Morgan fingerprint density at radius 3 is 2.41 bits per heavy atom. The van der Waals surface area contributed by atoms with Crippen molar-refractivity contribution in [1.82, 2.24) is 0 Å². The summed E-state index contributed by atoms with van der Waals surface area (Å²) in [4.78, 5) is 0. The van der Waals surface area contributed by atoms with Gasteiger partial charge in [0, 0.05) is 25.2 Å². The highest BCUT2D eigenvalue weighted by atomic mass is 16.7. The first kappa shape index (κ1) is 18.9. The van der Waals surface area contributed by atoms with Crippen LogP contribution in [0.2, 0.25) is 0 Å². The molecule has 0 aliphatic carbocycles. The van der Waals surface area contributed by atoms with E-state index >= 15 is 0 Å². The van der Waals surface area contributed by atoms with Crippen molar-refractivity contribution >= 4 is 0 Å². The molecule has 1 aromatic carbocycles. The molecule has 0 unspecified atom stereocenters. The van der Waals surface area contributed by atoms with E-state index in [1.807, 2.05) is 0 Å². The van der Waals surface area contributed by atoms with Crippen molar-refractivity contribution < 1.29 is 18.9 Å². The maximum Gasteiger partial charge on any atom is 0.188 e. The Morgan fingerprint density at radius 1 is 1.05 bits per heavy atom. The number of para-hydroxylation sites is 1. The van der Waals surface area contributed by atoms with Crippen molar-refractivity contribution in [2.45, 2.75) is 45.4 Å². The van der Waals surface area contributed by atoms with E-state index in [2.05, 4.69) is 39.0 Å². The van der Waals surface area contributed by atoms with Crippen LogP contribution in [0, 0.1) is 0 Å². The summed E-state index contributed by atoms with van der Waals surface area (Å²) in [5.74, 6) is 0.934. The summed E-state index contributed by atoms with van der Waals surface area (Å²) in [6, 6.07) is 6.34. The molecule has 0 radical (unpaired) electrons. The van der Waals surface area contributed by atoms with Crippen LogP contribution in [-0.4, -0.2) is 34.4 Å². The van der Waals surface area contributed by atoms with Crippen LogP contribution in [0.25, 0.3) is 0 Å². The van der Waals surface area contributed by atoms with E-state index in [0.29, 0.717) is 13.4 Å². The molecule has 0 spiro atoms. The molecule has 0 bridgehead atoms. The van der Waals surface area contributed by atoms with Gasteiger partial charge in [0.1, 0.15) is 12.5 Å². The third kappa shape index (κ3) is 5.59. The molecular weight excluding hydrogens is 280 g/mol. The molecule has 22 heavy (non-hydrogen) atoms. The Hall–Kier alpha value is -1.10. The van der Waals surface area contributed by atoms with Crippen LogP contribution in [0.15, 0.2) is 18.2 Å². The van der Waals surface area contributed by atoms with Gasteiger partial charge in [0.25, 0.3) is 0 Å². The van der Waals surface area contributed by atoms with E-state index in [1.54, 1.807) is 14.2 Å². The summed E-state index contributed by atoms with van der Waals surface area (Å²) in [5.41, 5.74) is 2.22. The number of rotatable bonds is 11. The minimum absolute atomic E-state index is 0.163. The first-order valence-electron chi connectivity index (χ1n) is 7.87. The first-order valence-corrected chi connectivity index (χ1v) is 7.87. The molecule has 4 heteroatoms. The Bertz CT molecular complexity index is 429. The highest BCUT2D eigenvalue weighted by Crippen LogP contribution is 2.35. The Morgan fingerprint density at radius 2 is 1.77 bits per heavy atom. The second kappa shape index (κ2) is 9.82. The number of hydrogen-bond acceptors (Lipinski definition) is 4. The molecule has 0 saturated carbocycles. The monoisotopic (exact) mass is 310 g/mol. The summed E-state index contributed by atoms with van der Waals surface area (Å²) in [6.07, 6.45) is 3.32. The topological polar surface area (TPSA) is 36.9 Å². The quantitative estimate of drug-likeness (QED) is 0.459. The molecule has 0 heterocycles. The minimum atomic E-state index is -0.163. The van der Waals surface area contributed by atoms with E-state index in [-0.39, 0.29) is 12.2 Å². The van der Waals surface area contributed by atoms with Crippen molar-refractivity contribution in [2.24, 2.45) is 0 Å². The highest BCUT2D eigenvalue weighted by Gasteiger charge is 2.26. The highest BCUT2D eigenvalue weighted by molar-refractivity contribution is 5.45. The number of aryl methyl sites for hydroxylation is 1. The van der Waals surface area contributed by atoms with Crippen LogP contribution in [0.5, 0.6) is 5.75 Å². The third-order valence-electron chi connectivity index (χ3n) is 3.61. The van der Waals surface area contributed by atoms with Crippen molar-refractivity contribution in [2.75, 3.05) is 34.4 Å². The van der Waals surface area contributed by atoms with Crippen molar-refractivity contribution in [3.63, 3.8) is 0 Å². The van der Waals surface area contributed by atoms with Gasteiger partial charge in [-0.25, -0.2) is 0 Å². The largest absolute Gasteiger partial charge is 0.467 e. The lowest BCUT2D eigenvalue weighted by atomic mass is 9.83. The van der Waals surface area contributed by atoms with Crippen LogP contribution in [0.1, 0.15) is 44.7 Å².